The summed E-state index contributed by atoms with van der Waals surface area (Å²) in [6.07, 6.45) is -5.59. The van der Waals surface area contributed by atoms with Crippen molar-refractivity contribution in [3.8, 4) is 0 Å². The van der Waals surface area contributed by atoms with Crippen molar-refractivity contribution in [2.75, 3.05) is 0 Å². The highest BCUT2D eigenvalue weighted by Crippen LogP contribution is 2.41. The molecule has 0 fully saturated rings. The minimum absolute atomic E-state index is 0.322. The van der Waals surface area contributed by atoms with Crippen LogP contribution in [-0.2, 0) is 4.79 Å². The van der Waals surface area contributed by atoms with Gasteiger partial charge in [0.2, 0.25) is 0 Å². The zero-order chi connectivity index (χ0) is 13.1. The van der Waals surface area contributed by atoms with Gasteiger partial charge in [-0.15, -0.1) is 0 Å². The first-order chi connectivity index (χ1) is 7.17. The molecule has 0 saturated heterocycles. The summed E-state index contributed by atoms with van der Waals surface area (Å²) in [5.74, 6) is -1.72. The molecular weight excluding hydrogens is 223 g/mol. The van der Waals surface area contributed by atoms with Gasteiger partial charge in [-0.3, -0.25) is 0 Å². The van der Waals surface area contributed by atoms with Gasteiger partial charge in [-0.25, -0.2) is 13.2 Å². The quantitative estimate of drug-likeness (QED) is 0.715. The van der Waals surface area contributed by atoms with Crippen molar-refractivity contribution >= 4 is 5.97 Å². The Kier molecular flexibility index (Phi) is 4.83. The summed E-state index contributed by atoms with van der Waals surface area (Å²) in [5.41, 5.74) is 2.28. The predicted molar refractivity (Wildman–Crippen MR) is 51.4 cm³/mol. The Balaban J connectivity index is 5.62. The molecule has 0 aliphatic carbocycles. The molecule has 6 heteroatoms. The Labute approximate surface area is 92.1 Å². The van der Waals surface area contributed by atoms with E-state index in [-0.39, 0.29) is 0 Å². The molecule has 3 atom stereocenters. The van der Waals surface area contributed by atoms with E-state index < -0.39 is 35.6 Å². The lowest BCUT2D eigenvalue weighted by atomic mass is 9.73. The van der Waals surface area contributed by atoms with Crippen molar-refractivity contribution in [3.05, 3.63) is 11.8 Å². The Hall–Kier alpha value is -1.20. The molecule has 0 aliphatic heterocycles. The first kappa shape index (κ1) is 14.8. The maximum absolute atomic E-state index is 13.4. The minimum Gasteiger partial charge on any atom is -0.545 e. The largest absolute Gasteiger partial charge is 0.545 e. The van der Waals surface area contributed by atoms with Gasteiger partial charge in [0.05, 0.1) is 5.97 Å². The SMILES string of the molecule is CC(F)C(/C(N)=C/C(=O)[O-])(C(C)F)C(C)F. The van der Waals surface area contributed by atoms with Crippen LogP contribution in [0.25, 0.3) is 0 Å². The van der Waals surface area contributed by atoms with Crippen molar-refractivity contribution in [2.24, 2.45) is 11.1 Å². The highest BCUT2D eigenvalue weighted by molar-refractivity contribution is 5.78. The number of allylic oxidation sites excluding steroid dienone is 1. The molecule has 0 bridgehead atoms. The molecule has 0 spiro atoms. The second kappa shape index (κ2) is 5.23. The van der Waals surface area contributed by atoms with Gasteiger partial charge in [0.15, 0.2) is 0 Å². The van der Waals surface area contributed by atoms with E-state index in [2.05, 4.69) is 0 Å². The summed E-state index contributed by atoms with van der Waals surface area (Å²) < 4.78 is 40.2. The topological polar surface area (TPSA) is 66.2 Å². The second-order valence-corrected chi connectivity index (χ2v) is 3.70. The zero-order valence-corrected chi connectivity index (χ0v) is 9.34. The Morgan fingerprint density at radius 1 is 1.19 bits per heavy atom. The van der Waals surface area contributed by atoms with Crippen LogP contribution in [-0.4, -0.2) is 24.5 Å². The van der Waals surface area contributed by atoms with E-state index in [0.717, 1.165) is 20.8 Å². The van der Waals surface area contributed by atoms with Gasteiger partial charge in [-0.1, -0.05) is 0 Å². The number of hydrogen-bond acceptors (Lipinski definition) is 3. The molecule has 0 aromatic heterocycles. The van der Waals surface area contributed by atoms with Crippen LogP contribution in [0, 0.1) is 5.41 Å². The minimum atomic E-state index is -2.29. The molecule has 0 saturated carbocycles. The number of halogens is 3. The number of rotatable bonds is 5. The number of carboxylic acid groups (broad SMARTS) is 1. The van der Waals surface area contributed by atoms with Gasteiger partial charge in [-0.05, 0) is 26.8 Å². The second-order valence-electron chi connectivity index (χ2n) is 3.70. The first-order valence-corrected chi connectivity index (χ1v) is 4.78. The maximum atomic E-state index is 13.4. The summed E-state index contributed by atoms with van der Waals surface area (Å²) in [6, 6.07) is 0. The monoisotopic (exact) mass is 238 g/mol. The first-order valence-electron chi connectivity index (χ1n) is 4.78. The van der Waals surface area contributed by atoms with E-state index in [1.54, 1.807) is 0 Å². The van der Waals surface area contributed by atoms with Gasteiger partial charge in [0.1, 0.15) is 23.9 Å². The molecule has 0 aromatic carbocycles. The van der Waals surface area contributed by atoms with Crippen molar-refractivity contribution < 1.29 is 23.1 Å². The number of carboxylic acids is 1. The molecule has 16 heavy (non-hydrogen) atoms. The number of aliphatic carboxylic acids is 1. The van der Waals surface area contributed by atoms with Gasteiger partial charge >= 0.3 is 0 Å². The molecule has 3 nitrogen and oxygen atoms in total. The third-order valence-corrected chi connectivity index (χ3v) is 2.75. The Bertz CT molecular complexity index is 266. The summed E-state index contributed by atoms with van der Waals surface area (Å²) in [4.78, 5) is 10.3. The van der Waals surface area contributed by atoms with Gasteiger partial charge in [0.25, 0.3) is 0 Å². The Morgan fingerprint density at radius 3 is 1.69 bits per heavy atom. The van der Waals surface area contributed by atoms with E-state index in [4.69, 9.17) is 5.73 Å². The summed E-state index contributed by atoms with van der Waals surface area (Å²) in [7, 11) is 0. The molecule has 0 rings (SSSR count). The lowest BCUT2D eigenvalue weighted by Crippen LogP contribution is -2.50. The number of nitrogens with two attached hydrogens (primary N) is 1. The van der Waals surface area contributed by atoms with E-state index in [0.29, 0.717) is 6.08 Å². The van der Waals surface area contributed by atoms with Crippen molar-refractivity contribution in [3.63, 3.8) is 0 Å². The molecule has 0 amide bonds. The normalized spacial score (nSPS) is 22.0. The molecule has 2 N–H and O–H groups in total. The van der Waals surface area contributed by atoms with Crippen molar-refractivity contribution in [1.82, 2.24) is 0 Å². The standard InChI is InChI=1S/C10H16F3NO2/c1-5(11)10(6(2)12,7(3)13)8(14)4-9(15)16/h4-7H,14H2,1-3H3,(H,15,16)/p-1/b8-4-. The van der Waals surface area contributed by atoms with Crippen LogP contribution in [0.2, 0.25) is 0 Å². The van der Waals surface area contributed by atoms with Crippen LogP contribution < -0.4 is 10.8 Å². The molecule has 3 unspecified atom stereocenters. The van der Waals surface area contributed by atoms with E-state index in [1.165, 1.54) is 0 Å². The molecule has 0 radical (unpaired) electrons. The highest BCUT2D eigenvalue weighted by atomic mass is 19.2. The number of carbonyl (C=O) groups excluding carboxylic acids is 1. The van der Waals surface area contributed by atoms with Crippen LogP contribution in [0.3, 0.4) is 0 Å². The van der Waals surface area contributed by atoms with Crippen molar-refractivity contribution in [1.29, 1.82) is 0 Å². The third-order valence-electron chi connectivity index (χ3n) is 2.75. The van der Waals surface area contributed by atoms with Crippen LogP contribution in [0.1, 0.15) is 20.8 Å². The number of carbonyl (C=O) groups is 1. The zero-order valence-electron chi connectivity index (χ0n) is 9.34. The van der Waals surface area contributed by atoms with Gasteiger partial charge < -0.3 is 15.6 Å². The van der Waals surface area contributed by atoms with Crippen LogP contribution >= 0.6 is 0 Å². The van der Waals surface area contributed by atoms with Crippen LogP contribution in [0.5, 0.6) is 0 Å². The smallest absolute Gasteiger partial charge is 0.114 e. The van der Waals surface area contributed by atoms with E-state index >= 15 is 0 Å². The number of alkyl halides is 3. The maximum Gasteiger partial charge on any atom is 0.114 e. The molecule has 0 aromatic rings. The predicted octanol–water partition coefficient (Wildman–Crippen LogP) is 0.639. The third kappa shape index (κ3) is 2.48. The summed E-state index contributed by atoms with van der Waals surface area (Å²) >= 11 is 0. The fraction of sp³-hybridized carbons (Fsp3) is 0.700. The van der Waals surface area contributed by atoms with E-state index in [1.807, 2.05) is 0 Å². The fourth-order valence-electron chi connectivity index (χ4n) is 1.89. The lowest BCUT2D eigenvalue weighted by molar-refractivity contribution is -0.297. The lowest BCUT2D eigenvalue weighted by Gasteiger charge is -2.38. The fourth-order valence-corrected chi connectivity index (χ4v) is 1.89. The molecule has 94 valence electrons. The summed E-state index contributed by atoms with van der Waals surface area (Å²) in [5, 5.41) is 10.3. The van der Waals surface area contributed by atoms with Crippen LogP contribution in [0.4, 0.5) is 13.2 Å². The van der Waals surface area contributed by atoms with Crippen molar-refractivity contribution in [2.45, 2.75) is 39.3 Å². The molecular formula is C10H15F3NO2-. The van der Waals surface area contributed by atoms with Crippen LogP contribution in [0.15, 0.2) is 11.8 Å². The number of hydrogen-bond donors (Lipinski definition) is 1. The average molecular weight is 238 g/mol. The highest BCUT2D eigenvalue weighted by Gasteiger charge is 2.50. The average Bonchev–Trinajstić information content (AvgIpc) is 1.99. The molecule has 0 aliphatic rings. The van der Waals surface area contributed by atoms with E-state index in [9.17, 15) is 23.1 Å². The summed E-state index contributed by atoms with van der Waals surface area (Å²) in [6.45, 7) is 2.80. The Morgan fingerprint density at radius 2 is 1.50 bits per heavy atom. The molecule has 0 heterocycles. The van der Waals surface area contributed by atoms with Gasteiger partial charge in [-0.2, -0.15) is 0 Å². The van der Waals surface area contributed by atoms with Gasteiger partial charge in [0, 0.05) is 5.70 Å².